The SMILES string of the molecule is CC(=O)N1N=C(c2ccc(F)cc2)Sc2c1nc(C)n2C(C)=O. The van der Waals surface area contributed by atoms with Crippen molar-refractivity contribution >= 4 is 34.4 Å². The Kier molecular flexibility index (Phi) is 3.77. The molecule has 0 spiro atoms. The number of hydrogen-bond donors (Lipinski definition) is 0. The summed E-state index contributed by atoms with van der Waals surface area (Å²) in [4.78, 5) is 28.1. The lowest BCUT2D eigenvalue weighted by atomic mass is 10.2. The highest BCUT2D eigenvalue weighted by atomic mass is 32.2. The van der Waals surface area contributed by atoms with E-state index in [1.54, 1.807) is 19.1 Å². The summed E-state index contributed by atoms with van der Waals surface area (Å²) in [5.41, 5.74) is 0.655. The summed E-state index contributed by atoms with van der Waals surface area (Å²) >= 11 is 1.23. The van der Waals surface area contributed by atoms with Gasteiger partial charge in [-0.2, -0.15) is 10.1 Å². The lowest BCUT2D eigenvalue weighted by Crippen LogP contribution is -2.28. The molecular formula is C15H13FN4O2S. The number of fused-ring (bicyclic) bond motifs is 1. The van der Waals surface area contributed by atoms with Crippen molar-refractivity contribution in [3.8, 4) is 0 Å². The number of carbonyl (C=O) groups excluding carboxylic acids is 2. The molecule has 0 atom stereocenters. The number of imidazole rings is 1. The van der Waals surface area contributed by atoms with Crippen LogP contribution in [-0.4, -0.2) is 26.4 Å². The minimum absolute atomic E-state index is 0.201. The molecule has 1 aromatic heterocycles. The van der Waals surface area contributed by atoms with Crippen LogP contribution in [-0.2, 0) is 4.79 Å². The maximum atomic E-state index is 13.1. The van der Waals surface area contributed by atoms with Gasteiger partial charge < -0.3 is 0 Å². The van der Waals surface area contributed by atoms with Crippen molar-refractivity contribution in [3.63, 3.8) is 0 Å². The third-order valence-electron chi connectivity index (χ3n) is 3.27. The van der Waals surface area contributed by atoms with Crippen LogP contribution in [0.15, 0.2) is 34.4 Å². The Morgan fingerprint density at radius 3 is 2.35 bits per heavy atom. The van der Waals surface area contributed by atoms with Crippen molar-refractivity contribution < 1.29 is 14.0 Å². The second kappa shape index (κ2) is 5.62. The highest BCUT2D eigenvalue weighted by Gasteiger charge is 2.31. The van der Waals surface area contributed by atoms with Gasteiger partial charge in [0, 0.05) is 19.4 Å². The average molecular weight is 332 g/mol. The van der Waals surface area contributed by atoms with Crippen molar-refractivity contribution in [1.82, 2.24) is 9.55 Å². The molecule has 1 aliphatic rings. The highest BCUT2D eigenvalue weighted by molar-refractivity contribution is 8.14. The fourth-order valence-electron chi connectivity index (χ4n) is 2.28. The molecule has 0 bridgehead atoms. The number of hydrazone groups is 1. The fourth-order valence-corrected chi connectivity index (χ4v) is 3.41. The molecule has 0 unspecified atom stereocenters. The van der Waals surface area contributed by atoms with E-state index >= 15 is 0 Å². The predicted molar refractivity (Wildman–Crippen MR) is 85.2 cm³/mol. The molecule has 23 heavy (non-hydrogen) atoms. The smallest absolute Gasteiger partial charge is 0.245 e. The number of aryl methyl sites for hydroxylation is 1. The summed E-state index contributed by atoms with van der Waals surface area (Å²) in [6, 6.07) is 5.79. The molecule has 2 aromatic rings. The van der Waals surface area contributed by atoms with Gasteiger partial charge >= 0.3 is 0 Å². The minimum atomic E-state index is -0.358. The van der Waals surface area contributed by atoms with E-state index in [1.165, 1.54) is 42.3 Å². The molecule has 0 N–H and O–H groups in total. The third kappa shape index (κ3) is 2.65. The van der Waals surface area contributed by atoms with Gasteiger partial charge in [0.05, 0.1) is 0 Å². The molecule has 1 aliphatic heterocycles. The van der Waals surface area contributed by atoms with E-state index in [4.69, 9.17) is 0 Å². The molecule has 0 fully saturated rings. The summed E-state index contributed by atoms with van der Waals surface area (Å²) in [7, 11) is 0. The number of halogens is 1. The molecule has 2 heterocycles. The van der Waals surface area contributed by atoms with E-state index in [2.05, 4.69) is 10.1 Å². The van der Waals surface area contributed by atoms with Crippen molar-refractivity contribution in [3.05, 3.63) is 41.5 Å². The van der Waals surface area contributed by atoms with Crippen LogP contribution in [0.2, 0.25) is 0 Å². The molecule has 0 saturated carbocycles. The number of carbonyl (C=O) groups is 2. The number of anilines is 1. The van der Waals surface area contributed by atoms with Gasteiger partial charge in [-0.05, 0) is 43.0 Å². The van der Waals surface area contributed by atoms with Crippen molar-refractivity contribution in [2.45, 2.75) is 25.8 Å². The Hall–Kier alpha value is -2.48. The zero-order valence-corrected chi connectivity index (χ0v) is 13.5. The van der Waals surface area contributed by atoms with E-state index < -0.39 is 0 Å². The second-order valence-corrected chi connectivity index (χ2v) is 5.96. The summed E-state index contributed by atoms with van der Waals surface area (Å²) < 4.78 is 14.5. The van der Waals surface area contributed by atoms with E-state index in [1.807, 2.05) is 0 Å². The van der Waals surface area contributed by atoms with Crippen LogP contribution in [0.3, 0.4) is 0 Å². The van der Waals surface area contributed by atoms with Crippen molar-refractivity contribution in [1.29, 1.82) is 0 Å². The summed E-state index contributed by atoms with van der Waals surface area (Å²) in [6.07, 6.45) is 0. The standard InChI is InChI=1S/C15H13FN4O2S/c1-8-17-13-15(19(8)9(2)21)23-14(18-20(13)10(3)22)11-4-6-12(16)7-5-11/h4-7H,1-3H3. The summed E-state index contributed by atoms with van der Waals surface area (Å²) in [5.74, 6) is -0.0614. The Labute approximate surface area is 136 Å². The number of nitrogens with zero attached hydrogens (tertiary/aromatic N) is 4. The van der Waals surface area contributed by atoms with E-state index in [9.17, 15) is 14.0 Å². The van der Waals surface area contributed by atoms with Crippen LogP contribution < -0.4 is 5.01 Å². The zero-order chi connectivity index (χ0) is 16.7. The molecule has 8 heteroatoms. The van der Waals surface area contributed by atoms with Gasteiger partial charge in [0.1, 0.15) is 21.7 Å². The molecule has 0 saturated heterocycles. The number of amides is 1. The van der Waals surface area contributed by atoms with Crippen molar-refractivity contribution in [2.24, 2.45) is 5.10 Å². The van der Waals surface area contributed by atoms with Gasteiger partial charge in [-0.1, -0.05) is 0 Å². The lowest BCUT2D eigenvalue weighted by Gasteiger charge is -2.21. The molecule has 6 nitrogen and oxygen atoms in total. The maximum absolute atomic E-state index is 13.1. The third-order valence-corrected chi connectivity index (χ3v) is 4.34. The van der Waals surface area contributed by atoms with Crippen LogP contribution in [0.4, 0.5) is 10.2 Å². The molecule has 1 aromatic carbocycles. The number of rotatable bonds is 1. The van der Waals surface area contributed by atoms with E-state index in [-0.39, 0.29) is 17.6 Å². The Morgan fingerprint density at radius 2 is 1.78 bits per heavy atom. The Balaban J connectivity index is 2.14. The van der Waals surface area contributed by atoms with Crippen molar-refractivity contribution in [2.75, 3.05) is 5.01 Å². The Morgan fingerprint density at radius 1 is 1.13 bits per heavy atom. The lowest BCUT2D eigenvalue weighted by molar-refractivity contribution is -0.116. The van der Waals surface area contributed by atoms with E-state index in [0.29, 0.717) is 27.3 Å². The highest BCUT2D eigenvalue weighted by Crippen LogP contribution is 2.38. The van der Waals surface area contributed by atoms with Gasteiger partial charge in [0.15, 0.2) is 5.82 Å². The topological polar surface area (TPSA) is 67.6 Å². The first kappa shape index (κ1) is 15.4. The van der Waals surface area contributed by atoms with Crippen LogP contribution in [0.5, 0.6) is 0 Å². The quantitative estimate of drug-likeness (QED) is 0.805. The molecule has 118 valence electrons. The molecule has 1 amide bonds. The maximum Gasteiger partial charge on any atom is 0.245 e. The number of thioether (sulfide) groups is 1. The summed E-state index contributed by atoms with van der Waals surface area (Å²) in [6.45, 7) is 4.49. The van der Waals surface area contributed by atoms with Gasteiger partial charge in [-0.15, -0.1) is 0 Å². The first-order valence-corrected chi connectivity index (χ1v) is 7.63. The average Bonchev–Trinajstić information content (AvgIpc) is 2.82. The summed E-state index contributed by atoms with van der Waals surface area (Å²) in [5, 5.41) is 6.48. The first-order chi connectivity index (χ1) is 10.9. The van der Waals surface area contributed by atoms with Gasteiger partial charge in [0.2, 0.25) is 11.8 Å². The largest absolute Gasteiger partial charge is 0.274 e. The second-order valence-electron chi connectivity index (χ2n) is 4.99. The number of aromatic nitrogens is 2. The van der Waals surface area contributed by atoms with Crippen LogP contribution in [0, 0.1) is 12.7 Å². The first-order valence-electron chi connectivity index (χ1n) is 6.82. The fraction of sp³-hybridized carbons (Fsp3) is 0.200. The molecular weight excluding hydrogens is 319 g/mol. The minimum Gasteiger partial charge on any atom is -0.274 e. The number of benzene rings is 1. The molecule has 0 aliphatic carbocycles. The van der Waals surface area contributed by atoms with Gasteiger partial charge in [-0.3, -0.25) is 14.2 Å². The van der Waals surface area contributed by atoms with Crippen LogP contribution >= 0.6 is 11.8 Å². The predicted octanol–water partition coefficient (Wildman–Crippen LogP) is 2.81. The van der Waals surface area contributed by atoms with Gasteiger partial charge in [-0.25, -0.2) is 9.37 Å². The Bertz CT molecular complexity index is 842. The molecule has 0 radical (unpaired) electrons. The van der Waals surface area contributed by atoms with Crippen LogP contribution in [0.25, 0.3) is 0 Å². The molecule has 3 rings (SSSR count). The van der Waals surface area contributed by atoms with Crippen LogP contribution in [0.1, 0.15) is 30.0 Å². The van der Waals surface area contributed by atoms with Gasteiger partial charge in [0.25, 0.3) is 0 Å². The van der Waals surface area contributed by atoms with E-state index in [0.717, 1.165) is 5.01 Å². The monoisotopic (exact) mass is 332 g/mol. The number of hydrogen-bond acceptors (Lipinski definition) is 5. The normalized spacial score (nSPS) is 13.6. The zero-order valence-electron chi connectivity index (χ0n) is 12.7.